The maximum atomic E-state index is 10.3. The second-order valence-corrected chi connectivity index (χ2v) is 4.14. The summed E-state index contributed by atoms with van der Waals surface area (Å²) < 4.78 is 0. The van der Waals surface area contributed by atoms with Crippen molar-refractivity contribution in [2.45, 2.75) is 26.7 Å². The molecule has 0 fully saturated rings. The van der Waals surface area contributed by atoms with Crippen LogP contribution >= 0.6 is 0 Å². The molecule has 0 spiro atoms. The Morgan fingerprint density at radius 3 is 1.75 bits per heavy atom. The van der Waals surface area contributed by atoms with Crippen LogP contribution in [0.5, 0.6) is 0 Å². The molecule has 2 nitrogen and oxygen atoms in total. The quantitative estimate of drug-likeness (QED) is 0.778. The van der Waals surface area contributed by atoms with Crippen molar-refractivity contribution in [2.24, 2.45) is 0 Å². The van der Waals surface area contributed by atoms with Gasteiger partial charge in [-0.1, -0.05) is 74.9 Å². The van der Waals surface area contributed by atoms with Crippen LogP contribution in [0, 0.1) is 0 Å². The van der Waals surface area contributed by atoms with Gasteiger partial charge in [-0.05, 0) is 16.7 Å². The topological polar surface area (TPSA) is 34.1 Å². The summed E-state index contributed by atoms with van der Waals surface area (Å²) in [6, 6.07) is 18.3. The Morgan fingerprint density at radius 2 is 1.30 bits per heavy atom. The molecule has 0 N–H and O–H groups in total. The summed E-state index contributed by atoms with van der Waals surface area (Å²) in [5.74, 6) is 0. The molecule has 0 saturated carbocycles. The molecular formula is C18H22O2. The Balaban J connectivity index is 0.000000641. The Kier molecular flexibility index (Phi) is 10.5. The van der Waals surface area contributed by atoms with Gasteiger partial charge in [-0.25, -0.2) is 0 Å². The third-order valence-corrected chi connectivity index (χ3v) is 2.38. The summed E-state index contributed by atoms with van der Waals surface area (Å²) in [7, 11) is 0. The van der Waals surface area contributed by atoms with Crippen molar-refractivity contribution in [1.82, 2.24) is 0 Å². The minimum atomic E-state index is 0.495. The Morgan fingerprint density at radius 1 is 0.850 bits per heavy atom. The van der Waals surface area contributed by atoms with E-state index in [-0.39, 0.29) is 0 Å². The normalized spacial score (nSPS) is 8.50. The van der Waals surface area contributed by atoms with Gasteiger partial charge in [-0.15, -0.1) is 0 Å². The molecule has 0 bridgehead atoms. The lowest BCUT2D eigenvalue weighted by Gasteiger charge is -2.01. The fourth-order valence-electron chi connectivity index (χ4n) is 1.56. The second-order valence-electron chi connectivity index (χ2n) is 4.14. The first kappa shape index (κ1) is 17.8. The van der Waals surface area contributed by atoms with Crippen LogP contribution in [-0.4, -0.2) is 13.1 Å². The van der Waals surface area contributed by atoms with Gasteiger partial charge in [0.05, 0.1) is 0 Å². The van der Waals surface area contributed by atoms with Crippen LogP contribution in [0.15, 0.2) is 54.6 Å². The maximum Gasteiger partial charge on any atom is 0.124 e. The van der Waals surface area contributed by atoms with Gasteiger partial charge >= 0.3 is 0 Å². The van der Waals surface area contributed by atoms with E-state index in [1.165, 1.54) is 17.5 Å². The third kappa shape index (κ3) is 6.64. The van der Waals surface area contributed by atoms with Gasteiger partial charge in [-0.2, -0.15) is 0 Å². The highest BCUT2D eigenvalue weighted by atomic mass is 16.1. The number of benzene rings is 2. The maximum absolute atomic E-state index is 10.3. The van der Waals surface area contributed by atoms with E-state index >= 15 is 0 Å². The molecule has 106 valence electrons. The minimum absolute atomic E-state index is 0.495. The van der Waals surface area contributed by atoms with E-state index < -0.39 is 0 Å². The van der Waals surface area contributed by atoms with Crippen molar-refractivity contribution in [3.8, 4) is 11.1 Å². The molecule has 2 aromatic carbocycles. The third-order valence-electron chi connectivity index (χ3n) is 2.38. The lowest BCUT2D eigenvalue weighted by Crippen LogP contribution is -1.85. The molecular weight excluding hydrogens is 248 g/mol. The number of hydrogen-bond donors (Lipinski definition) is 0. The van der Waals surface area contributed by atoms with E-state index in [9.17, 15) is 4.79 Å². The zero-order chi connectivity index (χ0) is 15.2. The van der Waals surface area contributed by atoms with Gasteiger partial charge in [0.15, 0.2) is 0 Å². The summed E-state index contributed by atoms with van der Waals surface area (Å²) in [6.45, 7) is 6.25. The van der Waals surface area contributed by atoms with Crippen molar-refractivity contribution < 1.29 is 9.59 Å². The van der Waals surface area contributed by atoms with Gasteiger partial charge in [0.1, 0.15) is 13.1 Å². The van der Waals surface area contributed by atoms with Crippen LogP contribution in [0.3, 0.4) is 0 Å². The predicted molar refractivity (Wildman–Crippen MR) is 84.7 cm³/mol. The highest BCUT2D eigenvalue weighted by Crippen LogP contribution is 2.18. The number of rotatable bonds is 3. The summed E-state index contributed by atoms with van der Waals surface area (Å²) in [5, 5.41) is 0. The molecule has 20 heavy (non-hydrogen) atoms. The number of carbonyl (C=O) groups is 2. The molecule has 2 heteroatoms. The molecule has 0 aliphatic carbocycles. The Bertz CT molecular complexity index is 461. The first-order valence-electron chi connectivity index (χ1n) is 6.68. The second kappa shape index (κ2) is 11.8. The number of hydrogen-bond acceptors (Lipinski definition) is 2. The van der Waals surface area contributed by atoms with Crippen molar-refractivity contribution in [1.29, 1.82) is 0 Å². The largest absolute Gasteiger partial charge is 0.307 e. The highest BCUT2D eigenvalue weighted by molar-refractivity contribution is 5.64. The number of aldehydes is 1. The molecule has 0 heterocycles. The fourth-order valence-corrected chi connectivity index (χ4v) is 1.56. The molecule has 2 rings (SSSR count). The van der Waals surface area contributed by atoms with Crippen LogP contribution in [0.1, 0.15) is 25.8 Å². The SMILES string of the molecule is C=O.CCC.O=CCc1ccc(-c2ccccc2)cc1. The van der Waals surface area contributed by atoms with Gasteiger partial charge in [0.25, 0.3) is 0 Å². The molecule has 0 aliphatic rings. The first-order chi connectivity index (χ1) is 9.81. The summed E-state index contributed by atoms with van der Waals surface area (Å²) >= 11 is 0. The molecule has 0 atom stereocenters. The van der Waals surface area contributed by atoms with Gasteiger partial charge < -0.3 is 9.59 Å². The molecule has 2 aromatic rings. The fraction of sp³-hybridized carbons (Fsp3) is 0.222. The predicted octanol–water partition coefficient (Wildman–Crippen LogP) is 4.33. The lowest BCUT2D eigenvalue weighted by molar-refractivity contribution is -0.107. The molecule has 0 amide bonds. The van der Waals surface area contributed by atoms with Crippen LogP contribution in [-0.2, 0) is 16.0 Å². The smallest absolute Gasteiger partial charge is 0.124 e. The van der Waals surface area contributed by atoms with Crippen molar-refractivity contribution >= 4 is 13.1 Å². The van der Waals surface area contributed by atoms with Crippen LogP contribution in [0.4, 0.5) is 0 Å². The summed E-state index contributed by atoms with van der Waals surface area (Å²) in [6.07, 6.45) is 2.67. The number of carbonyl (C=O) groups excluding carboxylic acids is 2. The molecule has 0 saturated heterocycles. The van der Waals surface area contributed by atoms with Crippen LogP contribution in [0.25, 0.3) is 11.1 Å². The van der Waals surface area contributed by atoms with Gasteiger partial charge in [0, 0.05) is 6.42 Å². The van der Waals surface area contributed by atoms with E-state index in [2.05, 4.69) is 26.0 Å². The lowest BCUT2D eigenvalue weighted by atomic mass is 10.0. The zero-order valence-corrected chi connectivity index (χ0v) is 12.2. The monoisotopic (exact) mass is 270 g/mol. The van der Waals surface area contributed by atoms with E-state index in [1.54, 1.807) is 0 Å². The van der Waals surface area contributed by atoms with E-state index in [0.717, 1.165) is 11.8 Å². The van der Waals surface area contributed by atoms with Crippen LogP contribution < -0.4 is 0 Å². The zero-order valence-electron chi connectivity index (χ0n) is 12.2. The van der Waals surface area contributed by atoms with Gasteiger partial charge in [-0.3, -0.25) is 0 Å². The Hall–Kier alpha value is -2.22. The molecule has 0 radical (unpaired) electrons. The molecule has 0 unspecified atom stereocenters. The minimum Gasteiger partial charge on any atom is -0.307 e. The average Bonchev–Trinajstić information content (AvgIpc) is 2.52. The summed E-state index contributed by atoms with van der Waals surface area (Å²) in [4.78, 5) is 18.3. The molecule has 0 aliphatic heterocycles. The standard InChI is InChI=1S/C14H12O.C3H8.CH2O/c15-11-10-12-6-8-14(9-7-12)13-4-2-1-3-5-13;1-3-2;1-2/h1-9,11H,10H2;3H2,1-2H3;1H2. The van der Waals surface area contributed by atoms with E-state index in [0.29, 0.717) is 6.42 Å². The average molecular weight is 270 g/mol. The van der Waals surface area contributed by atoms with Crippen molar-refractivity contribution in [3.05, 3.63) is 60.2 Å². The van der Waals surface area contributed by atoms with Crippen molar-refractivity contribution in [3.63, 3.8) is 0 Å². The Labute approximate surface area is 121 Å². The van der Waals surface area contributed by atoms with E-state index in [4.69, 9.17) is 4.79 Å². The highest BCUT2D eigenvalue weighted by Gasteiger charge is 1.96. The van der Waals surface area contributed by atoms with Crippen LogP contribution in [0.2, 0.25) is 0 Å². The van der Waals surface area contributed by atoms with Gasteiger partial charge in [0.2, 0.25) is 0 Å². The summed E-state index contributed by atoms with van der Waals surface area (Å²) in [5.41, 5.74) is 3.45. The van der Waals surface area contributed by atoms with E-state index in [1.807, 2.05) is 49.3 Å². The van der Waals surface area contributed by atoms with Crippen molar-refractivity contribution in [2.75, 3.05) is 0 Å². The first-order valence-corrected chi connectivity index (χ1v) is 6.68. The molecule has 0 aromatic heterocycles.